The zero-order valence-electron chi connectivity index (χ0n) is 14.6. The first kappa shape index (κ1) is 18.2. The summed E-state index contributed by atoms with van der Waals surface area (Å²) in [4.78, 5) is 12.5. The molecule has 0 aliphatic carbocycles. The Balaban J connectivity index is 1.67. The highest BCUT2D eigenvalue weighted by molar-refractivity contribution is 9.10. The molecule has 3 rings (SSSR count). The van der Waals surface area contributed by atoms with Gasteiger partial charge in [-0.05, 0) is 60.0 Å². The zero-order chi connectivity index (χ0) is 18.4. The monoisotopic (exact) mass is 408 g/mol. The molecule has 0 unspecified atom stereocenters. The molecule has 4 heteroatoms. The van der Waals surface area contributed by atoms with Crippen LogP contribution >= 0.6 is 15.9 Å². The van der Waals surface area contributed by atoms with E-state index in [2.05, 4.69) is 51.7 Å². The van der Waals surface area contributed by atoms with Crippen molar-refractivity contribution in [2.24, 2.45) is 0 Å². The van der Waals surface area contributed by atoms with Crippen molar-refractivity contribution in [3.8, 4) is 0 Å². The Kier molecular flexibility index (Phi) is 6.08. The summed E-state index contributed by atoms with van der Waals surface area (Å²) in [6, 6.07) is 23.5. The molecule has 26 heavy (non-hydrogen) atoms. The van der Waals surface area contributed by atoms with Crippen molar-refractivity contribution < 1.29 is 4.79 Å². The highest BCUT2D eigenvalue weighted by atomic mass is 79.9. The van der Waals surface area contributed by atoms with Crippen LogP contribution in [0.3, 0.4) is 0 Å². The van der Waals surface area contributed by atoms with Crippen LogP contribution in [0.4, 0.5) is 11.4 Å². The van der Waals surface area contributed by atoms with Gasteiger partial charge >= 0.3 is 0 Å². The predicted molar refractivity (Wildman–Crippen MR) is 112 cm³/mol. The number of nitrogens with one attached hydrogen (secondary N) is 2. The third-order valence-electron chi connectivity index (χ3n) is 4.17. The fourth-order valence-electron chi connectivity index (χ4n) is 2.76. The largest absolute Gasteiger partial charge is 0.381 e. The summed E-state index contributed by atoms with van der Waals surface area (Å²) in [6.07, 6.45) is 0.985. The lowest BCUT2D eigenvalue weighted by Gasteiger charge is -2.12. The molecule has 2 N–H and O–H groups in total. The minimum atomic E-state index is -0.108. The Morgan fingerprint density at radius 3 is 2.50 bits per heavy atom. The molecule has 0 fully saturated rings. The van der Waals surface area contributed by atoms with Gasteiger partial charge in [0.25, 0.3) is 5.91 Å². The van der Waals surface area contributed by atoms with Gasteiger partial charge in [-0.1, -0.05) is 53.2 Å². The number of hydrogen-bond acceptors (Lipinski definition) is 2. The second-order valence-electron chi connectivity index (χ2n) is 6.03. The Hall–Kier alpha value is -2.59. The molecular formula is C22H21BrN2O. The second-order valence-corrected chi connectivity index (χ2v) is 6.94. The Morgan fingerprint density at radius 2 is 1.73 bits per heavy atom. The van der Waals surface area contributed by atoms with Crippen molar-refractivity contribution in [2.45, 2.75) is 19.9 Å². The molecule has 0 bridgehead atoms. The van der Waals surface area contributed by atoms with Crippen LogP contribution in [0.25, 0.3) is 0 Å². The van der Waals surface area contributed by atoms with E-state index in [1.807, 2.05) is 54.6 Å². The Morgan fingerprint density at radius 1 is 0.962 bits per heavy atom. The van der Waals surface area contributed by atoms with Gasteiger partial charge in [-0.25, -0.2) is 0 Å². The summed E-state index contributed by atoms with van der Waals surface area (Å²) >= 11 is 3.39. The summed E-state index contributed by atoms with van der Waals surface area (Å²) in [5, 5.41) is 6.39. The lowest BCUT2D eigenvalue weighted by atomic mass is 10.1. The van der Waals surface area contributed by atoms with Gasteiger partial charge in [-0.3, -0.25) is 4.79 Å². The van der Waals surface area contributed by atoms with E-state index in [0.29, 0.717) is 12.1 Å². The minimum absolute atomic E-state index is 0.108. The van der Waals surface area contributed by atoms with Gasteiger partial charge in [-0.15, -0.1) is 0 Å². The molecule has 0 saturated carbocycles. The molecule has 1 amide bonds. The fraction of sp³-hybridized carbons (Fsp3) is 0.136. The van der Waals surface area contributed by atoms with Crippen molar-refractivity contribution in [1.29, 1.82) is 0 Å². The van der Waals surface area contributed by atoms with E-state index in [0.717, 1.165) is 27.8 Å². The van der Waals surface area contributed by atoms with Crippen LogP contribution in [0.5, 0.6) is 0 Å². The quantitative estimate of drug-likeness (QED) is 0.534. The molecule has 3 nitrogen and oxygen atoms in total. The maximum atomic E-state index is 12.5. The van der Waals surface area contributed by atoms with Crippen molar-refractivity contribution in [3.05, 3.63) is 94.0 Å². The molecule has 0 radical (unpaired) electrons. The summed E-state index contributed by atoms with van der Waals surface area (Å²) in [6.45, 7) is 2.82. The molecule has 0 aliphatic heterocycles. The van der Waals surface area contributed by atoms with Crippen LogP contribution in [0, 0.1) is 0 Å². The Labute approximate surface area is 162 Å². The van der Waals surface area contributed by atoms with Crippen LogP contribution in [-0.4, -0.2) is 5.91 Å². The second kappa shape index (κ2) is 8.68. The molecule has 3 aromatic rings. The molecule has 3 aromatic carbocycles. The maximum Gasteiger partial charge on any atom is 0.255 e. The predicted octanol–water partition coefficient (Wildman–Crippen LogP) is 5.88. The van der Waals surface area contributed by atoms with Crippen LogP contribution in [-0.2, 0) is 13.0 Å². The SMILES string of the molecule is CCc1ccccc1NCc1cccc(C(=O)Nc2ccc(Br)cc2)c1. The topological polar surface area (TPSA) is 41.1 Å². The summed E-state index contributed by atoms with van der Waals surface area (Å²) in [5.74, 6) is -0.108. The minimum Gasteiger partial charge on any atom is -0.381 e. The first-order valence-electron chi connectivity index (χ1n) is 8.63. The standard InChI is InChI=1S/C22H21BrN2O/c1-2-17-7-3-4-9-21(17)24-15-16-6-5-8-18(14-16)22(26)25-20-12-10-19(23)11-13-20/h3-14,24H,2,15H2,1H3,(H,25,26). The summed E-state index contributed by atoms with van der Waals surface area (Å²) in [5.41, 5.74) is 4.92. The number of anilines is 2. The number of benzene rings is 3. The van der Waals surface area contributed by atoms with Crippen molar-refractivity contribution in [2.75, 3.05) is 10.6 Å². The van der Waals surface area contributed by atoms with Crippen molar-refractivity contribution in [3.63, 3.8) is 0 Å². The number of rotatable bonds is 6. The molecule has 0 spiro atoms. The van der Waals surface area contributed by atoms with E-state index in [9.17, 15) is 4.79 Å². The molecule has 0 atom stereocenters. The average molecular weight is 409 g/mol. The van der Waals surface area contributed by atoms with Gasteiger partial charge in [0.2, 0.25) is 0 Å². The highest BCUT2D eigenvalue weighted by Crippen LogP contribution is 2.18. The number of para-hydroxylation sites is 1. The molecule has 0 saturated heterocycles. The summed E-state index contributed by atoms with van der Waals surface area (Å²) in [7, 11) is 0. The smallest absolute Gasteiger partial charge is 0.255 e. The highest BCUT2D eigenvalue weighted by Gasteiger charge is 2.07. The van der Waals surface area contributed by atoms with Gasteiger partial charge in [0, 0.05) is 28.0 Å². The van der Waals surface area contributed by atoms with Crippen molar-refractivity contribution in [1.82, 2.24) is 0 Å². The van der Waals surface area contributed by atoms with Gasteiger partial charge in [0.1, 0.15) is 0 Å². The number of aryl methyl sites for hydroxylation is 1. The number of carbonyl (C=O) groups excluding carboxylic acids is 1. The van der Waals surface area contributed by atoms with Crippen LogP contribution in [0.15, 0.2) is 77.3 Å². The van der Waals surface area contributed by atoms with E-state index < -0.39 is 0 Å². The number of hydrogen-bond donors (Lipinski definition) is 2. The van der Waals surface area contributed by atoms with E-state index in [4.69, 9.17) is 0 Å². The number of amides is 1. The molecular weight excluding hydrogens is 388 g/mol. The van der Waals surface area contributed by atoms with Gasteiger partial charge < -0.3 is 10.6 Å². The number of halogens is 1. The lowest BCUT2D eigenvalue weighted by molar-refractivity contribution is 0.102. The van der Waals surface area contributed by atoms with Crippen molar-refractivity contribution >= 4 is 33.2 Å². The van der Waals surface area contributed by atoms with E-state index in [1.54, 1.807) is 0 Å². The van der Waals surface area contributed by atoms with Gasteiger partial charge in [-0.2, -0.15) is 0 Å². The first-order chi connectivity index (χ1) is 12.7. The van der Waals surface area contributed by atoms with Crippen LogP contribution in [0.1, 0.15) is 28.4 Å². The van der Waals surface area contributed by atoms with E-state index in [1.165, 1.54) is 5.56 Å². The third-order valence-corrected chi connectivity index (χ3v) is 4.70. The average Bonchev–Trinajstić information content (AvgIpc) is 2.68. The van der Waals surface area contributed by atoms with Gasteiger partial charge in [0.05, 0.1) is 0 Å². The van der Waals surface area contributed by atoms with E-state index >= 15 is 0 Å². The first-order valence-corrected chi connectivity index (χ1v) is 9.42. The molecule has 0 aliphatic rings. The van der Waals surface area contributed by atoms with Crippen LogP contribution in [0.2, 0.25) is 0 Å². The third kappa shape index (κ3) is 4.73. The lowest BCUT2D eigenvalue weighted by Crippen LogP contribution is -2.12. The molecule has 0 aromatic heterocycles. The summed E-state index contributed by atoms with van der Waals surface area (Å²) < 4.78 is 0.982. The maximum absolute atomic E-state index is 12.5. The molecule has 132 valence electrons. The fourth-order valence-corrected chi connectivity index (χ4v) is 3.02. The molecule has 0 heterocycles. The zero-order valence-corrected chi connectivity index (χ0v) is 16.2. The normalized spacial score (nSPS) is 10.4. The van der Waals surface area contributed by atoms with E-state index in [-0.39, 0.29) is 5.91 Å². The van der Waals surface area contributed by atoms with Gasteiger partial charge in [0.15, 0.2) is 0 Å². The number of carbonyl (C=O) groups is 1. The van der Waals surface area contributed by atoms with Crippen LogP contribution < -0.4 is 10.6 Å². The Bertz CT molecular complexity index is 891.